The van der Waals surface area contributed by atoms with Crippen LogP contribution in [0.5, 0.6) is 0 Å². The Morgan fingerprint density at radius 2 is 1.85 bits per heavy atom. The van der Waals surface area contributed by atoms with Crippen molar-refractivity contribution in [3.05, 3.63) is 27.0 Å². The number of anilines is 1. The summed E-state index contributed by atoms with van der Waals surface area (Å²) in [4.78, 5) is 0. The Bertz CT molecular complexity index is 321. The van der Waals surface area contributed by atoms with Crippen molar-refractivity contribution in [1.29, 1.82) is 0 Å². The Kier molecular flexibility index (Phi) is 3.04. The van der Waals surface area contributed by atoms with E-state index in [1.807, 2.05) is 6.92 Å². The van der Waals surface area contributed by atoms with Crippen LogP contribution in [0, 0.1) is 12.7 Å². The fraction of sp³-hybridized carbons (Fsp3) is 0.333. The summed E-state index contributed by atoms with van der Waals surface area (Å²) in [5.74, 6) is -0.629. The number of rotatable bonds is 1. The minimum Gasteiger partial charge on any atom is -0.397 e. The van der Waals surface area contributed by atoms with Gasteiger partial charge in [-0.2, -0.15) is 0 Å². The summed E-state index contributed by atoms with van der Waals surface area (Å²) in [7, 11) is 0. The average Bonchev–Trinajstić information content (AvgIpc) is 2.13. The normalized spacial score (nSPS) is 10.5. The summed E-state index contributed by atoms with van der Waals surface area (Å²) in [6.45, 7) is 3.65. The molecule has 1 aromatic rings. The van der Waals surface area contributed by atoms with Crippen LogP contribution in [0.15, 0.2) is 0 Å². The molecule has 0 amide bonds. The molecule has 0 saturated heterocycles. The van der Waals surface area contributed by atoms with E-state index in [4.69, 9.17) is 28.9 Å². The Morgan fingerprint density at radius 1 is 1.31 bits per heavy atom. The van der Waals surface area contributed by atoms with Gasteiger partial charge in [0.2, 0.25) is 0 Å². The van der Waals surface area contributed by atoms with Gasteiger partial charge in [0.05, 0.1) is 10.7 Å². The highest BCUT2D eigenvalue weighted by atomic mass is 35.5. The minimum absolute atomic E-state index is 0.0658. The van der Waals surface area contributed by atoms with Gasteiger partial charge in [0.15, 0.2) is 5.82 Å². The maximum atomic E-state index is 13.2. The van der Waals surface area contributed by atoms with Gasteiger partial charge in [-0.15, -0.1) is 0 Å². The topological polar surface area (TPSA) is 26.0 Å². The lowest BCUT2D eigenvalue weighted by molar-refractivity contribution is 0.627. The van der Waals surface area contributed by atoms with Crippen LogP contribution >= 0.6 is 23.2 Å². The monoisotopic (exact) mass is 221 g/mol. The molecule has 0 atom stereocenters. The van der Waals surface area contributed by atoms with E-state index in [1.54, 1.807) is 6.92 Å². The lowest BCUT2D eigenvalue weighted by Crippen LogP contribution is -2.00. The number of benzene rings is 1. The zero-order valence-electron chi connectivity index (χ0n) is 7.42. The van der Waals surface area contributed by atoms with Crippen molar-refractivity contribution >= 4 is 28.9 Å². The Hall–Kier alpha value is -0.470. The van der Waals surface area contributed by atoms with Gasteiger partial charge in [0, 0.05) is 0 Å². The van der Waals surface area contributed by atoms with Gasteiger partial charge in [-0.05, 0) is 24.5 Å². The van der Waals surface area contributed by atoms with Crippen molar-refractivity contribution in [3.8, 4) is 0 Å². The van der Waals surface area contributed by atoms with E-state index >= 15 is 0 Å². The van der Waals surface area contributed by atoms with E-state index in [1.165, 1.54) is 0 Å². The standard InChI is InChI=1S/C9H10Cl2FN/c1-3-5-4(2)6(10)8(12)7(11)9(5)13/h3,13H2,1-2H3. The first kappa shape index (κ1) is 10.6. The molecule has 13 heavy (non-hydrogen) atoms. The quantitative estimate of drug-likeness (QED) is 0.570. The second kappa shape index (κ2) is 3.72. The summed E-state index contributed by atoms with van der Waals surface area (Å²) >= 11 is 11.4. The van der Waals surface area contributed by atoms with Gasteiger partial charge in [-0.3, -0.25) is 0 Å². The molecule has 0 aromatic heterocycles. The molecule has 0 aliphatic carbocycles. The molecular weight excluding hydrogens is 212 g/mol. The predicted octanol–water partition coefficient (Wildman–Crippen LogP) is 3.59. The third-order valence-electron chi connectivity index (χ3n) is 2.08. The lowest BCUT2D eigenvalue weighted by Gasteiger charge is -2.12. The van der Waals surface area contributed by atoms with Crippen LogP contribution in [0.3, 0.4) is 0 Å². The van der Waals surface area contributed by atoms with Crippen molar-refractivity contribution in [1.82, 2.24) is 0 Å². The molecule has 0 spiro atoms. The van der Waals surface area contributed by atoms with E-state index in [9.17, 15) is 4.39 Å². The molecule has 0 aliphatic heterocycles. The maximum absolute atomic E-state index is 13.2. The Morgan fingerprint density at radius 3 is 2.31 bits per heavy atom. The van der Waals surface area contributed by atoms with Crippen molar-refractivity contribution in [3.63, 3.8) is 0 Å². The first-order chi connectivity index (χ1) is 6.00. The molecule has 0 radical (unpaired) electrons. The van der Waals surface area contributed by atoms with Crippen molar-refractivity contribution in [2.45, 2.75) is 20.3 Å². The first-order valence-electron chi connectivity index (χ1n) is 3.92. The van der Waals surface area contributed by atoms with Gasteiger partial charge in [0.25, 0.3) is 0 Å². The van der Waals surface area contributed by atoms with E-state index in [-0.39, 0.29) is 10.0 Å². The van der Waals surface area contributed by atoms with Crippen molar-refractivity contribution in [2.75, 3.05) is 5.73 Å². The number of nitrogen functional groups attached to an aromatic ring is 1. The molecule has 0 heterocycles. The predicted molar refractivity (Wildman–Crippen MR) is 54.9 cm³/mol. The minimum atomic E-state index is -0.629. The molecule has 0 fully saturated rings. The molecule has 0 bridgehead atoms. The molecule has 1 rings (SSSR count). The van der Waals surface area contributed by atoms with Crippen LogP contribution in [-0.2, 0) is 6.42 Å². The zero-order chi connectivity index (χ0) is 10.2. The Balaban J connectivity index is 3.56. The van der Waals surface area contributed by atoms with Gasteiger partial charge in [-0.25, -0.2) is 4.39 Å². The molecule has 72 valence electrons. The third-order valence-corrected chi connectivity index (χ3v) is 2.90. The van der Waals surface area contributed by atoms with E-state index in [0.29, 0.717) is 17.7 Å². The summed E-state index contributed by atoms with van der Waals surface area (Å²) < 4.78 is 13.2. The zero-order valence-corrected chi connectivity index (χ0v) is 8.93. The smallest absolute Gasteiger partial charge is 0.162 e. The van der Waals surface area contributed by atoms with Crippen LogP contribution in [0.2, 0.25) is 10.0 Å². The van der Waals surface area contributed by atoms with Crippen LogP contribution in [-0.4, -0.2) is 0 Å². The van der Waals surface area contributed by atoms with Gasteiger partial charge in [0.1, 0.15) is 5.02 Å². The van der Waals surface area contributed by atoms with Crippen LogP contribution in [0.25, 0.3) is 0 Å². The molecular formula is C9H10Cl2FN. The summed E-state index contributed by atoms with van der Waals surface area (Å²) in [5, 5.41) is -0.0106. The summed E-state index contributed by atoms with van der Waals surface area (Å²) in [6, 6.07) is 0. The molecule has 1 aromatic carbocycles. The van der Waals surface area contributed by atoms with Gasteiger partial charge < -0.3 is 5.73 Å². The molecule has 0 aliphatic rings. The van der Waals surface area contributed by atoms with Crippen LogP contribution < -0.4 is 5.73 Å². The molecule has 1 nitrogen and oxygen atoms in total. The van der Waals surface area contributed by atoms with Gasteiger partial charge in [-0.1, -0.05) is 30.1 Å². The first-order valence-corrected chi connectivity index (χ1v) is 4.67. The highest BCUT2D eigenvalue weighted by molar-refractivity contribution is 6.37. The number of halogens is 3. The lowest BCUT2D eigenvalue weighted by atomic mass is 10.0. The van der Waals surface area contributed by atoms with Crippen molar-refractivity contribution in [2.24, 2.45) is 0 Å². The average molecular weight is 222 g/mol. The van der Waals surface area contributed by atoms with E-state index in [2.05, 4.69) is 0 Å². The molecule has 0 saturated carbocycles. The third kappa shape index (κ3) is 1.61. The summed E-state index contributed by atoms with van der Waals surface area (Å²) in [5.41, 5.74) is 7.41. The maximum Gasteiger partial charge on any atom is 0.162 e. The van der Waals surface area contributed by atoms with Crippen molar-refractivity contribution < 1.29 is 4.39 Å². The molecule has 0 unspecified atom stereocenters. The largest absolute Gasteiger partial charge is 0.397 e. The SMILES string of the molecule is CCc1c(C)c(Cl)c(F)c(Cl)c1N. The van der Waals surface area contributed by atoms with E-state index in [0.717, 1.165) is 5.56 Å². The van der Waals surface area contributed by atoms with Crippen LogP contribution in [0.1, 0.15) is 18.1 Å². The fourth-order valence-electron chi connectivity index (χ4n) is 1.30. The Labute approximate surface area is 86.6 Å². The number of hydrogen-bond donors (Lipinski definition) is 1. The highest BCUT2D eigenvalue weighted by Gasteiger charge is 2.16. The molecule has 4 heteroatoms. The van der Waals surface area contributed by atoms with Gasteiger partial charge >= 0.3 is 0 Å². The number of nitrogens with two attached hydrogens (primary N) is 1. The molecule has 2 N–H and O–H groups in total. The second-order valence-corrected chi connectivity index (χ2v) is 3.57. The fourth-order valence-corrected chi connectivity index (χ4v) is 1.77. The highest BCUT2D eigenvalue weighted by Crippen LogP contribution is 2.35. The summed E-state index contributed by atoms with van der Waals surface area (Å²) in [6.07, 6.45) is 0.692. The number of hydrogen-bond acceptors (Lipinski definition) is 1. The van der Waals surface area contributed by atoms with Crippen LogP contribution in [0.4, 0.5) is 10.1 Å². The van der Waals surface area contributed by atoms with E-state index < -0.39 is 5.82 Å². The second-order valence-electron chi connectivity index (χ2n) is 2.81.